The highest BCUT2D eigenvalue weighted by atomic mass is 32.1. The smallest absolute Gasteiger partial charge is 0.325 e. The quantitative estimate of drug-likeness (QED) is 0.599. The lowest BCUT2D eigenvalue weighted by molar-refractivity contribution is -0.149. The molecule has 26 heavy (non-hydrogen) atoms. The number of amides is 1. The Morgan fingerprint density at radius 1 is 1.27 bits per heavy atom. The van der Waals surface area contributed by atoms with E-state index in [0.29, 0.717) is 13.2 Å². The van der Waals surface area contributed by atoms with E-state index < -0.39 is 5.97 Å². The molecule has 0 fully saturated rings. The van der Waals surface area contributed by atoms with Crippen molar-refractivity contribution in [3.05, 3.63) is 58.9 Å². The molecule has 0 unspecified atom stereocenters. The normalized spacial score (nSPS) is 10.8. The van der Waals surface area contributed by atoms with Crippen LogP contribution in [0.25, 0.3) is 4.96 Å². The summed E-state index contributed by atoms with van der Waals surface area (Å²) in [5.41, 5.74) is 2.76. The zero-order chi connectivity index (χ0) is 18.5. The first-order valence-corrected chi connectivity index (χ1v) is 9.34. The number of aryl methyl sites for hydroxylation is 1. The van der Waals surface area contributed by atoms with Crippen LogP contribution >= 0.6 is 11.3 Å². The second kappa shape index (κ2) is 8.14. The molecule has 0 aliphatic rings. The number of benzene rings is 1. The van der Waals surface area contributed by atoms with E-state index in [1.54, 1.807) is 11.8 Å². The van der Waals surface area contributed by atoms with Gasteiger partial charge in [0.25, 0.3) is 0 Å². The van der Waals surface area contributed by atoms with E-state index in [4.69, 9.17) is 4.74 Å². The van der Waals surface area contributed by atoms with Crippen LogP contribution in [0.4, 0.5) is 0 Å². The third kappa shape index (κ3) is 4.29. The van der Waals surface area contributed by atoms with Crippen LogP contribution in [0.3, 0.4) is 0 Å². The number of ether oxygens (including phenoxy) is 1. The number of aromatic nitrogens is 2. The molecule has 2 aromatic heterocycles. The number of hydrogen-bond acceptors (Lipinski definition) is 5. The van der Waals surface area contributed by atoms with Gasteiger partial charge < -0.3 is 9.64 Å². The number of esters is 1. The van der Waals surface area contributed by atoms with E-state index in [-0.39, 0.29) is 18.9 Å². The van der Waals surface area contributed by atoms with Crippen molar-refractivity contribution in [2.45, 2.75) is 26.8 Å². The Morgan fingerprint density at radius 3 is 2.77 bits per heavy atom. The van der Waals surface area contributed by atoms with Gasteiger partial charge in [0.05, 0.1) is 18.7 Å². The molecule has 2 heterocycles. The van der Waals surface area contributed by atoms with Crippen molar-refractivity contribution in [2.24, 2.45) is 0 Å². The lowest BCUT2D eigenvalue weighted by Crippen LogP contribution is -2.37. The fourth-order valence-corrected chi connectivity index (χ4v) is 3.65. The SMILES string of the molecule is CCOC(=O)CN(Cc1ccccc1)C(=O)Cc1csc2nc(C)cn12. The molecule has 0 saturated carbocycles. The van der Waals surface area contributed by atoms with Crippen molar-refractivity contribution in [2.75, 3.05) is 13.2 Å². The average Bonchev–Trinajstić information content (AvgIpc) is 3.15. The minimum Gasteiger partial charge on any atom is -0.465 e. The fourth-order valence-electron chi connectivity index (χ4n) is 2.73. The van der Waals surface area contributed by atoms with Gasteiger partial charge in [0.1, 0.15) is 6.54 Å². The van der Waals surface area contributed by atoms with Gasteiger partial charge in [-0.15, -0.1) is 11.3 Å². The minimum absolute atomic E-state index is 0.0577. The van der Waals surface area contributed by atoms with Crippen molar-refractivity contribution in [3.8, 4) is 0 Å². The molecule has 0 atom stereocenters. The second-order valence-corrected chi connectivity index (χ2v) is 6.82. The molecule has 1 aromatic carbocycles. The first-order chi connectivity index (χ1) is 12.6. The van der Waals surface area contributed by atoms with E-state index >= 15 is 0 Å². The first kappa shape index (κ1) is 18.1. The summed E-state index contributed by atoms with van der Waals surface area (Å²) in [5.74, 6) is -0.515. The van der Waals surface area contributed by atoms with Crippen molar-refractivity contribution in [1.29, 1.82) is 0 Å². The van der Waals surface area contributed by atoms with Crippen LogP contribution in [0, 0.1) is 6.92 Å². The summed E-state index contributed by atoms with van der Waals surface area (Å²) in [5, 5.41) is 1.94. The van der Waals surface area contributed by atoms with Gasteiger partial charge in [-0.05, 0) is 19.4 Å². The number of hydrogen-bond donors (Lipinski definition) is 0. The molecule has 3 aromatic rings. The van der Waals surface area contributed by atoms with Crippen LogP contribution in [0.2, 0.25) is 0 Å². The van der Waals surface area contributed by atoms with Crippen molar-refractivity contribution in [3.63, 3.8) is 0 Å². The third-order valence-electron chi connectivity index (χ3n) is 3.93. The van der Waals surface area contributed by atoms with Crippen LogP contribution in [0.1, 0.15) is 23.9 Å². The Balaban J connectivity index is 1.77. The number of imidazole rings is 1. The van der Waals surface area contributed by atoms with Gasteiger partial charge >= 0.3 is 5.97 Å². The van der Waals surface area contributed by atoms with Gasteiger partial charge in [0.15, 0.2) is 4.96 Å². The van der Waals surface area contributed by atoms with E-state index in [9.17, 15) is 9.59 Å². The molecule has 0 bridgehead atoms. The van der Waals surface area contributed by atoms with Gasteiger partial charge in [0.2, 0.25) is 5.91 Å². The lowest BCUT2D eigenvalue weighted by atomic mass is 10.2. The first-order valence-electron chi connectivity index (χ1n) is 8.46. The molecule has 0 spiro atoms. The van der Waals surface area contributed by atoms with Crippen LogP contribution in [0.15, 0.2) is 41.9 Å². The number of thiazole rings is 1. The molecule has 3 rings (SSSR count). The Morgan fingerprint density at radius 2 is 2.04 bits per heavy atom. The molecule has 1 amide bonds. The zero-order valence-electron chi connectivity index (χ0n) is 14.8. The summed E-state index contributed by atoms with van der Waals surface area (Å²) >= 11 is 1.50. The highest BCUT2D eigenvalue weighted by Crippen LogP contribution is 2.18. The summed E-state index contributed by atoms with van der Waals surface area (Å²) in [6.07, 6.45) is 2.13. The monoisotopic (exact) mass is 371 g/mol. The van der Waals surface area contributed by atoms with Crippen molar-refractivity contribution < 1.29 is 14.3 Å². The topological polar surface area (TPSA) is 63.9 Å². The number of fused-ring (bicyclic) bond motifs is 1. The van der Waals surface area contributed by atoms with Crippen LogP contribution in [-0.2, 0) is 27.3 Å². The predicted molar refractivity (Wildman–Crippen MR) is 100 cm³/mol. The maximum atomic E-state index is 12.9. The molecular weight excluding hydrogens is 350 g/mol. The van der Waals surface area contributed by atoms with E-state index in [0.717, 1.165) is 21.9 Å². The van der Waals surface area contributed by atoms with Crippen molar-refractivity contribution >= 4 is 28.2 Å². The molecular formula is C19H21N3O3S. The zero-order valence-corrected chi connectivity index (χ0v) is 15.7. The highest BCUT2D eigenvalue weighted by molar-refractivity contribution is 7.15. The number of nitrogens with zero attached hydrogens (tertiary/aromatic N) is 3. The summed E-state index contributed by atoms with van der Waals surface area (Å²) < 4.78 is 6.96. The largest absolute Gasteiger partial charge is 0.465 e. The highest BCUT2D eigenvalue weighted by Gasteiger charge is 2.20. The molecule has 0 N–H and O–H groups in total. The molecule has 0 radical (unpaired) electrons. The van der Waals surface area contributed by atoms with Gasteiger partial charge in [-0.3, -0.25) is 14.0 Å². The Kier molecular flexibility index (Phi) is 5.68. The maximum absolute atomic E-state index is 12.9. The second-order valence-electron chi connectivity index (χ2n) is 5.98. The molecule has 0 aliphatic heterocycles. The van der Waals surface area contributed by atoms with Crippen LogP contribution in [-0.4, -0.2) is 39.3 Å². The van der Waals surface area contributed by atoms with Gasteiger partial charge in [0, 0.05) is 23.8 Å². The summed E-state index contributed by atoms with van der Waals surface area (Å²) in [6, 6.07) is 9.63. The summed E-state index contributed by atoms with van der Waals surface area (Å²) in [4.78, 5) is 31.6. The van der Waals surface area contributed by atoms with Crippen LogP contribution < -0.4 is 0 Å². The Labute approximate surface area is 156 Å². The Hall–Kier alpha value is -2.67. The fraction of sp³-hybridized carbons (Fsp3) is 0.316. The number of carbonyl (C=O) groups excluding carboxylic acids is 2. The van der Waals surface area contributed by atoms with E-state index in [2.05, 4.69) is 4.98 Å². The van der Waals surface area contributed by atoms with Crippen LogP contribution in [0.5, 0.6) is 0 Å². The van der Waals surface area contributed by atoms with Crippen molar-refractivity contribution in [1.82, 2.24) is 14.3 Å². The number of carbonyl (C=O) groups is 2. The maximum Gasteiger partial charge on any atom is 0.325 e. The lowest BCUT2D eigenvalue weighted by Gasteiger charge is -2.22. The minimum atomic E-state index is -0.397. The van der Waals surface area contributed by atoms with Gasteiger partial charge in [-0.25, -0.2) is 4.98 Å². The average molecular weight is 371 g/mol. The number of rotatable bonds is 7. The summed E-state index contributed by atoms with van der Waals surface area (Å²) in [7, 11) is 0. The third-order valence-corrected chi connectivity index (χ3v) is 4.82. The van der Waals surface area contributed by atoms with E-state index in [1.165, 1.54) is 11.3 Å². The molecule has 136 valence electrons. The van der Waals surface area contributed by atoms with Gasteiger partial charge in [-0.1, -0.05) is 30.3 Å². The predicted octanol–water partition coefficient (Wildman–Crippen LogP) is 2.84. The Bertz CT molecular complexity index is 901. The summed E-state index contributed by atoms with van der Waals surface area (Å²) in [6.45, 7) is 4.29. The molecule has 6 nitrogen and oxygen atoms in total. The van der Waals surface area contributed by atoms with Gasteiger partial charge in [-0.2, -0.15) is 0 Å². The van der Waals surface area contributed by atoms with E-state index in [1.807, 2.05) is 53.2 Å². The molecule has 7 heteroatoms. The molecule has 0 aliphatic carbocycles. The standard InChI is InChI=1S/C19H21N3O3S/c1-3-25-18(24)12-21(11-15-7-5-4-6-8-15)17(23)9-16-13-26-19-20-14(2)10-22(16)19/h4-8,10,13H,3,9,11-12H2,1-2H3. The molecule has 0 saturated heterocycles.